The summed E-state index contributed by atoms with van der Waals surface area (Å²) in [4.78, 5) is 12.9. The summed E-state index contributed by atoms with van der Waals surface area (Å²) in [6, 6.07) is 3.05. The standard InChI is InChI=1S/C21H27FN2O/c1-3-24-12-17(19-14(2)10-16(22)11-18(19)24)20(25)23-13-21-7-4-15(5-8-21)6-9-21/h10-12,15H,3-9,13H2,1-2H3,(H,23,25). The largest absolute Gasteiger partial charge is 0.351 e. The minimum Gasteiger partial charge on any atom is -0.351 e. The average Bonchev–Trinajstić information content (AvgIpc) is 3.00. The molecule has 1 N–H and O–H groups in total. The summed E-state index contributed by atoms with van der Waals surface area (Å²) in [5, 5.41) is 4.09. The summed E-state index contributed by atoms with van der Waals surface area (Å²) >= 11 is 0. The van der Waals surface area contributed by atoms with Crippen molar-refractivity contribution in [2.75, 3.05) is 6.54 Å². The van der Waals surface area contributed by atoms with Crippen LogP contribution < -0.4 is 5.32 Å². The highest BCUT2D eigenvalue weighted by Gasteiger charge is 2.40. The van der Waals surface area contributed by atoms with Gasteiger partial charge in [-0.1, -0.05) is 0 Å². The van der Waals surface area contributed by atoms with Gasteiger partial charge in [0.25, 0.3) is 5.91 Å². The van der Waals surface area contributed by atoms with Crippen LogP contribution in [0, 0.1) is 24.1 Å². The summed E-state index contributed by atoms with van der Waals surface area (Å²) in [6.45, 7) is 5.39. The van der Waals surface area contributed by atoms with Crippen LogP contribution in [0.3, 0.4) is 0 Å². The second-order valence-corrected chi connectivity index (χ2v) is 8.11. The summed E-state index contributed by atoms with van der Waals surface area (Å²) < 4.78 is 15.8. The number of rotatable bonds is 4. The summed E-state index contributed by atoms with van der Waals surface area (Å²) in [6.07, 6.45) is 9.59. The number of carbonyl (C=O) groups excluding carboxylic acids is 1. The van der Waals surface area contributed by atoms with Crippen molar-refractivity contribution >= 4 is 16.8 Å². The van der Waals surface area contributed by atoms with Crippen LogP contribution in [-0.4, -0.2) is 17.0 Å². The lowest BCUT2D eigenvalue weighted by Crippen LogP contribution is -2.43. The summed E-state index contributed by atoms with van der Waals surface area (Å²) in [7, 11) is 0. The van der Waals surface area contributed by atoms with Crippen molar-refractivity contribution in [2.45, 2.75) is 58.9 Å². The monoisotopic (exact) mass is 342 g/mol. The third-order valence-electron chi connectivity index (χ3n) is 6.60. The van der Waals surface area contributed by atoms with E-state index < -0.39 is 0 Å². The first-order chi connectivity index (χ1) is 12.0. The van der Waals surface area contributed by atoms with Crippen molar-refractivity contribution in [2.24, 2.45) is 11.3 Å². The Hall–Kier alpha value is -1.84. The number of halogens is 1. The highest BCUT2D eigenvalue weighted by molar-refractivity contribution is 6.08. The van der Waals surface area contributed by atoms with Crippen LogP contribution in [0.4, 0.5) is 4.39 Å². The molecular weight excluding hydrogens is 315 g/mol. The number of hydrogen-bond donors (Lipinski definition) is 1. The summed E-state index contributed by atoms with van der Waals surface area (Å²) in [5.41, 5.74) is 2.62. The number of carbonyl (C=O) groups is 1. The Bertz CT molecular complexity index is 801. The first-order valence-electron chi connectivity index (χ1n) is 9.58. The smallest absolute Gasteiger partial charge is 0.253 e. The van der Waals surface area contributed by atoms with Crippen LogP contribution in [0.25, 0.3) is 10.9 Å². The van der Waals surface area contributed by atoms with Gasteiger partial charge >= 0.3 is 0 Å². The van der Waals surface area contributed by atoms with E-state index >= 15 is 0 Å². The van der Waals surface area contributed by atoms with Crippen LogP contribution in [0.15, 0.2) is 18.3 Å². The van der Waals surface area contributed by atoms with Crippen molar-refractivity contribution in [1.82, 2.24) is 9.88 Å². The van der Waals surface area contributed by atoms with Crippen LogP contribution in [-0.2, 0) is 6.54 Å². The molecule has 0 spiro atoms. The van der Waals surface area contributed by atoms with Gasteiger partial charge in [-0.15, -0.1) is 0 Å². The fourth-order valence-electron chi connectivity index (χ4n) is 4.99. The molecule has 2 bridgehead atoms. The Morgan fingerprint density at radius 3 is 2.60 bits per heavy atom. The topological polar surface area (TPSA) is 34.0 Å². The van der Waals surface area contributed by atoms with Crippen molar-refractivity contribution in [3.63, 3.8) is 0 Å². The maximum atomic E-state index is 13.8. The van der Waals surface area contributed by atoms with Crippen LogP contribution in [0.1, 0.15) is 61.4 Å². The molecule has 0 aliphatic heterocycles. The number of aryl methyl sites for hydroxylation is 2. The van der Waals surface area contributed by atoms with Crippen LogP contribution in [0.2, 0.25) is 0 Å². The lowest BCUT2D eigenvalue weighted by atomic mass is 9.61. The molecule has 25 heavy (non-hydrogen) atoms. The molecular formula is C21H27FN2O. The van der Waals surface area contributed by atoms with Gasteiger partial charge < -0.3 is 9.88 Å². The SMILES string of the molecule is CCn1cc(C(=O)NCC23CCC(CC2)CC3)c2c(C)cc(F)cc21. The predicted molar refractivity (Wildman–Crippen MR) is 98.3 cm³/mol. The molecule has 3 saturated carbocycles. The van der Waals surface area contributed by atoms with E-state index in [0.717, 1.165) is 35.5 Å². The Kier molecular flexibility index (Phi) is 4.09. The van der Waals surface area contributed by atoms with Gasteiger partial charge in [0.2, 0.25) is 0 Å². The zero-order chi connectivity index (χ0) is 17.6. The number of amides is 1. The van der Waals surface area contributed by atoms with Crippen molar-refractivity contribution in [3.8, 4) is 0 Å². The Morgan fingerprint density at radius 1 is 1.28 bits per heavy atom. The molecule has 134 valence electrons. The first kappa shape index (κ1) is 16.6. The van der Waals surface area contributed by atoms with E-state index in [2.05, 4.69) is 5.32 Å². The molecule has 2 aromatic rings. The van der Waals surface area contributed by atoms with E-state index in [1.54, 1.807) is 0 Å². The molecule has 5 rings (SSSR count). The molecule has 3 aliphatic rings. The van der Waals surface area contributed by atoms with Gasteiger partial charge in [0, 0.05) is 24.7 Å². The lowest BCUT2D eigenvalue weighted by Gasteiger charge is -2.46. The Balaban J connectivity index is 1.60. The molecule has 1 aromatic carbocycles. The summed E-state index contributed by atoms with van der Waals surface area (Å²) in [5.74, 6) is 0.661. The highest BCUT2D eigenvalue weighted by atomic mass is 19.1. The van der Waals surface area contributed by atoms with E-state index in [0.29, 0.717) is 11.0 Å². The van der Waals surface area contributed by atoms with Gasteiger partial charge in [0.05, 0.1) is 11.1 Å². The average molecular weight is 342 g/mol. The van der Waals surface area contributed by atoms with Gasteiger partial charge in [-0.05, 0) is 81.4 Å². The zero-order valence-corrected chi connectivity index (χ0v) is 15.2. The Labute approximate surface area is 148 Å². The van der Waals surface area contributed by atoms with Gasteiger partial charge in [-0.2, -0.15) is 0 Å². The molecule has 0 unspecified atom stereocenters. The fourth-order valence-corrected chi connectivity index (χ4v) is 4.99. The normalized spacial score (nSPS) is 25.5. The molecule has 0 saturated heterocycles. The third kappa shape index (κ3) is 2.86. The molecule has 0 radical (unpaired) electrons. The maximum absolute atomic E-state index is 13.8. The van der Waals surface area contributed by atoms with Gasteiger partial charge in [0.15, 0.2) is 0 Å². The molecule has 4 heteroatoms. The van der Waals surface area contributed by atoms with Gasteiger partial charge in [-0.3, -0.25) is 4.79 Å². The molecule has 1 heterocycles. The molecule has 1 amide bonds. The number of nitrogens with one attached hydrogen (secondary N) is 1. The zero-order valence-electron chi connectivity index (χ0n) is 15.2. The molecule has 3 fully saturated rings. The number of benzene rings is 1. The second-order valence-electron chi connectivity index (χ2n) is 8.11. The van der Waals surface area contributed by atoms with Crippen molar-refractivity contribution in [1.29, 1.82) is 0 Å². The lowest BCUT2D eigenvalue weighted by molar-refractivity contribution is 0.0598. The number of hydrogen-bond acceptors (Lipinski definition) is 1. The van der Waals surface area contributed by atoms with E-state index in [1.807, 2.05) is 24.6 Å². The number of nitrogens with zero attached hydrogens (tertiary/aromatic N) is 1. The van der Waals surface area contributed by atoms with Crippen molar-refractivity contribution < 1.29 is 9.18 Å². The molecule has 3 aliphatic carbocycles. The molecule has 0 atom stereocenters. The van der Waals surface area contributed by atoms with E-state index in [-0.39, 0.29) is 11.7 Å². The van der Waals surface area contributed by atoms with E-state index in [1.165, 1.54) is 50.7 Å². The van der Waals surface area contributed by atoms with E-state index in [4.69, 9.17) is 0 Å². The Morgan fingerprint density at radius 2 is 1.96 bits per heavy atom. The molecule has 3 nitrogen and oxygen atoms in total. The van der Waals surface area contributed by atoms with Gasteiger partial charge in [0.1, 0.15) is 5.82 Å². The van der Waals surface area contributed by atoms with Gasteiger partial charge in [-0.25, -0.2) is 4.39 Å². The van der Waals surface area contributed by atoms with Crippen molar-refractivity contribution in [3.05, 3.63) is 35.3 Å². The fraction of sp³-hybridized carbons (Fsp3) is 0.571. The van der Waals surface area contributed by atoms with Crippen LogP contribution in [0.5, 0.6) is 0 Å². The van der Waals surface area contributed by atoms with E-state index in [9.17, 15) is 9.18 Å². The first-order valence-corrected chi connectivity index (χ1v) is 9.58. The number of fused-ring (bicyclic) bond motifs is 4. The van der Waals surface area contributed by atoms with Crippen LogP contribution >= 0.6 is 0 Å². The quantitative estimate of drug-likeness (QED) is 0.850. The number of aromatic nitrogens is 1. The highest BCUT2D eigenvalue weighted by Crippen LogP contribution is 2.49. The minimum absolute atomic E-state index is 0.0195. The second kappa shape index (κ2) is 6.15. The molecule has 1 aromatic heterocycles. The maximum Gasteiger partial charge on any atom is 0.253 e. The predicted octanol–water partition coefficient (Wildman–Crippen LogP) is 4.81. The third-order valence-corrected chi connectivity index (χ3v) is 6.60. The minimum atomic E-state index is -0.248.